The lowest BCUT2D eigenvalue weighted by Crippen LogP contribution is -2.02. The van der Waals surface area contributed by atoms with Crippen molar-refractivity contribution < 1.29 is 9.85 Å². The average Bonchev–Trinajstić information content (AvgIpc) is 3.90. The number of nitrogen functional groups attached to an aromatic ring is 2. The maximum Gasteiger partial charge on any atom is 0.357 e. The van der Waals surface area contributed by atoms with Crippen LogP contribution in [0.1, 0.15) is 0 Å². The van der Waals surface area contributed by atoms with Crippen LogP contribution in [0.25, 0.3) is 63.8 Å². The predicted molar refractivity (Wildman–Crippen MR) is 190 cm³/mol. The van der Waals surface area contributed by atoms with Crippen molar-refractivity contribution in [3.63, 3.8) is 0 Å². The molecule has 0 unspecified atom stereocenters. The highest BCUT2D eigenvalue weighted by Crippen LogP contribution is 2.51. The van der Waals surface area contributed by atoms with Gasteiger partial charge in [-0.25, -0.2) is 0 Å². The number of nitrogens with two attached hydrogens (primary N) is 2. The van der Waals surface area contributed by atoms with E-state index in [9.17, 15) is 20.2 Å². The Balaban J connectivity index is 0.000000149. The van der Waals surface area contributed by atoms with Gasteiger partial charge in [-0.1, -0.05) is 24.3 Å². The molecule has 0 bridgehead atoms. The number of nitro groups is 2. The molecule has 0 fully saturated rings. The molecular weight excluding hydrogens is 705 g/mol. The molecule has 0 atom stereocenters. The second-order valence-corrected chi connectivity index (χ2v) is 14.2. The molecule has 0 radical (unpaired) electrons. The summed E-state index contributed by atoms with van der Waals surface area (Å²) in [6, 6.07) is 14.9. The number of aromatic nitrogens is 4. The van der Waals surface area contributed by atoms with E-state index in [-0.39, 0.29) is 11.1 Å². The fourth-order valence-corrected chi connectivity index (χ4v) is 9.26. The van der Waals surface area contributed by atoms with Gasteiger partial charge in [-0.3, -0.25) is 20.2 Å². The minimum Gasteiger partial charge on any atom is -0.396 e. The number of thiophene rings is 4. The van der Waals surface area contributed by atoms with E-state index in [2.05, 4.69) is 17.5 Å². The molecule has 0 aliphatic heterocycles. The van der Waals surface area contributed by atoms with E-state index in [1.54, 1.807) is 57.7 Å². The molecule has 4 N–H and O–H groups in total. The van der Waals surface area contributed by atoms with Crippen molar-refractivity contribution in [1.82, 2.24) is 17.5 Å². The molecule has 0 saturated heterocycles. The van der Waals surface area contributed by atoms with Crippen LogP contribution in [0.2, 0.25) is 0 Å². The number of anilines is 2. The summed E-state index contributed by atoms with van der Waals surface area (Å²) in [5, 5.41) is 31.1. The Morgan fingerprint density at radius 2 is 0.783 bits per heavy atom. The summed E-state index contributed by atoms with van der Waals surface area (Å²) in [5.41, 5.74) is 17.1. The topological polar surface area (TPSA) is 190 Å². The summed E-state index contributed by atoms with van der Waals surface area (Å²) in [6.45, 7) is 0. The SMILES string of the molecule is Nc1c(N)c(-c2cccs2)c2nsnc2c1-c1cccs1.O=[N+]([O-])c1c([N+](=O)[O-])c(-c2cccs2)c2nsnc2c1-c1cccs1. The monoisotopic (exact) mass is 720 g/mol. The minimum atomic E-state index is -0.705. The zero-order chi connectivity index (χ0) is 31.9. The molecule has 2 aromatic carbocycles. The highest BCUT2D eigenvalue weighted by molar-refractivity contribution is 7.15. The molecular formula is C28H16N8O4S6. The highest BCUT2D eigenvalue weighted by atomic mass is 32.1. The van der Waals surface area contributed by atoms with Gasteiger partial charge in [0.2, 0.25) is 0 Å². The van der Waals surface area contributed by atoms with E-state index in [1.165, 1.54) is 34.4 Å². The van der Waals surface area contributed by atoms with Crippen molar-refractivity contribution in [2.24, 2.45) is 0 Å². The van der Waals surface area contributed by atoms with E-state index in [0.29, 0.717) is 32.2 Å². The molecule has 0 aliphatic rings. The van der Waals surface area contributed by atoms with Crippen LogP contribution in [0.4, 0.5) is 22.7 Å². The number of fused-ring (bicyclic) bond motifs is 2. The van der Waals surface area contributed by atoms with E-state index in [1.807, 2.05) is 35.0 Å². The Morgan fingerprint density at radius 1 is 0.500 bits per heavy atom. The normalized spacial score (nSPS) is 11.1. The molecule has 18 heteroatoms. The molecule has 12 nitrogen and oxygen atoms in total. The van der Waals surface area contributed by atoms with Gasteiger partial charge in [0.05, 0.1) is 44.7 Å². The van der Waals surface area contributed by atoms with Crippen LogP contribution in [-0.2, 0) is 0 Å². The van der Waals surface area contributed by atoms with Gasteiger partial charge in [-0.2, -0.15) is 17.5 Å². The van der Waals surface area contributed by atoms with Gasteiger partial charge in [0.25, 0.3) is 0 Å². The Bertz CT molecular complexity index is 2190. The summed E-state index contributed by atoms with van der Waals surface area (Å²) in [4.78, 5) is 25.4. The minimum absolute atomic E-state index is 0.149. The van der Waals surface area contributed by atoms with Gasteiger partial charge in [-0.15, -0.1) is 45.3 Å². The largest absolute Gasteiger partial charge is 0.396 e. The van der Waals surface area contributed by atoms with Crippen molar-refractivity contribution >= 4 is 114 Å². The van der Waals surface area contributed by atoms with Crippen molar-refractivity contribution in [2.75, 3.05) is 11.5 Å². The second kappa shape index (κ2) is 12.2. The zero-order valence-electron chi connectivity index (χ0n) is 22.8. The summed E-state index contributed by atoms with van der Waals surface area (Å²) < 4.78 is 17.3. The molecule has 6 aromatic heterocycles. The number of nitrogens with zero attached hydrogens (tertiary/aromatic N) is 6. The first-order valence-electron chi connectivity index (χ1n) is 13.0. The van der Waals surface area contributed by atoms with Crippen LogP contribution in [-0.4, -0.2) is 27.3 Å². The number of nitro benzene ring substituents is 2. The first-order valence-corrected chi connectivity index (χ1v) is 17.9. The van der Waals surface area contributed by atoms with Crippen LogP contribution in [0.3, 0.4) is 0 Å². The summed E-state index contributed by atoms with van der Waals surface area (Å²) in [7, 11) is 0. The molecule has 8 rings (SSSR count). The second-order valence-electron chi connectivity index (χ2n) is 9.37. The average molecular weight is 721 g/mol. The third-order valence-corrected chi connectivity index (χ3v) is 11.5. The Morgan fingerprint density at radius 3 is 1.04 bits per heavy atom. The lowest BCUT2D eigenvalue weighted by Gasteiger charge is -2.12. The van der Waals surface area contributed by atoms with Crippen LogP contribution < -0.4 is 11.5 Å². The first kappa shape index (κ1) is 30.0. The standard InChI is InChI=1S/C14H6N4O4S3.C14H10N4S3/c19-17(20)13-9(7-3-1-5-23-7)11-12(16-25-15-11)10(14(13)18(21)22)8-4-2-6-24-8;15-11-9(7-3-1-5-19-7)13-14(18-21-17-13)10(12(11)16)8-4-2-6-20-8/h1-6H;1-6H,15-16H2. The van der Waals surface area contributed by atoms with Gasteiger partial charge in [0.15, 0.2) is 0 Å². The Labute approximate surface area is 282 Å². The lowest BCUT2D eigenvalue weighted by atomic mass is 10.0. The first-order chi connectivity index (χ1) is 22.4. The maximum absolute atomic E-state index is 11.8. The predicted octanol–water partition coefficient (Wildman–Crippen LogP) is 9.28. The fourth-order valence-electron chi connectivity index (χ4n) is 5.02. The highest BCUT2D eigenvalue weighted by Gasteiger charge is 2.39. The zero-order valence-corrected chi connectivity index (χ0v) is 27.7. The van der Waals surface area contributed by atoms with Crippen LogP contribution in [0, 0.1) is 20.2 Å². The van der Waals surface area contributed by atoms with E-state index in [4.69, 9.17) is 11.5 Å². The van der Waals surface area contributed by atoms with E-state index >= 15 is 0 Å². The molecule has 0 amide bonds. The molecule has 6 heterocycles. The lowest BCUT2D eigenvalue weighted by molar-refractivity contribution is -0.421. The van der Waals surface area contributed by atoms with E-state index in [0.717, 1.165) is 43.6 Å². The fraction of sp³-hybridized carbons (Fsp3) is 0. The van der Waals surface area contributed by atoms with Crippen LogP contribution >= 0.6 is 68.8 Å². The third kappa shape index (κ3) is 5.00. The number of benzene rings is 2. The Hall–Kier alpha value is -4.72. The van der Waals surface area contributed by atoms with Crippen molar-refractivity contribution in [1.29, 1.82) is 0 Å². The number of hydrogen-bond acceptors (Lipinski definition) is 16. The van der Waals surface area contributed by atoms with Crippen molar-refractivity contribution in [3.05, 3.63) is 90.3 Å². The number of hydrogen-bond donors (Lipinski definition) is 2. The summed E-state index contributed by atoms with van der Waals surface area (Å²) >= 11 is 7.84. The van der Waals surface area contributed by atoms with Crippen molar-refractivity contribution in [2.45, 2.75) is 0 Å². The van der Waals surface area contributed by atoms with Gasteiger partial charge in [0, 0.05) is 30.6 Å². The molecule has 46 heavy (non-hydrogen) atoms. The number of rotatable bonds is 6. The summed E-state index contributed by atoms with van der Waals surface area (Å²) in [6.07, 6.45) is 0. The smallest absolute Gasteiger partial charge is 0.357 e. The Kier molecular flexibility index (Phi) is 7.97. The molecule has 0 saturated carbocycles. The van der Waals surface area contributed by atoms with Gasteiger partial charge in [0.1, 0.15) is 33.2 Å². The van der Waals surface area contributed by atoms with Crippen LogP contribution in [0.15, 0.2) is 70.1 Å². The van der Waals surface area contributed by atoms with Gasteiger partial charge < -0.3 is 11.5 Å². The summed E-state index contributed by atoms with van der Waals surface area (Å²) in [5.74, 6) is 0. The quantitative estimate of drug-likeness (QED) is 0.0951. The molecule has 8 aromatic rings. The van der Waals surface area contributed by atoms with E-state index < -0.39 is 21.2 Å². The van der Waals surface area contributed by atoms with Gasteiger partial charge in [-0.05, 0) is 45.8 Å². The molecule has 0 spiro atoms. The van der Waals surface area contributed by atoms with Gasteiger partial charge >= 0.3 is 11.4 Å². The third-order valence-electron chi connectivity index (χ3n) is 6.89. The molecule has 228 valence electrons. The maximum atomic E-state index is 11.8. The van der Waals surface area contributed by atoms with Crippen LogP contribution in [0.5, 0.6) is 0 Å². The van der Waals surface area contributed by atoms with Crippen molar-refractivity contribution in [3.8, 4) is 41.8 Å². The molecule has 0 aliphatic carbocycles.